The van der Waals surface area contributed by atoms with Crippen LogP contribution in [0.5, 0.6) is 5.75 Å². The molecule has 0 heterocycles. The summed E-state index contributed by atoms with van der Waals surface area (Å²) < 4.78 is 36.6. The van der Waals surface area contributed by atoms with E-state index in [2.05, 4.69) is 0 Å². The maximum absolute atomic E-state index is 13.1. The Morgan fingerprint density at radius 3 is 2.39 bits per heavy atom. The Morgan fingerprint density at radius 1 is 1.28 bits per heavy atom. The minimum Gasteiger partial charge on any atom is -0.491 e. The van der Waals surface area contributed by atoms with Crippen molar-refractivity contribution >= 4 is 0 Å². The van der Waals surface area contributed by atoms with Gasteiger partial charge in [0.25, 0.3) is 0 Å². The van der Waals surface area contributed by atoms with E-state index in [0.29, 0.717) is 5.56 Å². The number of hydrogen-bond acceptors (Lipinski definition) is 3. The van der Waals surface area contributed by atoms with E-state index in [1.807, 2.05) is 13.8 Å². The van der Waals surface area contributed by atoms with E-state index in [0.717, 1.165) is 12.1 Å². The molecule has 1 aromatic carbocycles. The predicted octanol–water partition coefficient (Wildman–Crippen LogP) is 2.40. The molecule has 0 saturated heterocycles. The van der Waals surface area contributed by atoms with Crippen LogP contribution in [0.15, 0.2) is 12.1 Å². The smallest absolute Gasteiger partial charge is 0.162 e. The van der Waals surface area contributed by atoms with Gasteiger partial charge in [-0.05, 0) is 32.4 Å². The van der Waals surface area contributed by atoms with Crippen molar-refractivity contribution < 1.29 is 18.3 Å². The summed E-state index contributed by atoms with van der Waals surface area (Å²) in [6.07, 6.45) is 0. The Balaban J connectivity index is 2.72. The molecule has 0 aliphatic heterocycles. The first-order valence-electron chi connectivity index (χ1n) is 5.67. The number of ether oxygens (including phenoxy) is 2. The molecule has 3 nitrogen and oxygen atoms in total. The fraction of sp³-hybridized carbons (Fsp3) is 0.538. The molecule has 0 aliphatic rings. The number of rotatable bonds is 5. The third kappa shape index (κ3) is 3.40. The SMILES string of the molecule is COC(C)(C)C(N)COc1cc(F)c(F)cc1C. The minimum absolute atomic E-state index is 0.159. The summed E-state index contributed by atoms with van der Waals surface area (Å²) in [7, 11) is 1.56. The number of benzene rings is 1. The van der Waals surface area contributed by atoms with Gasteiger partial charge in [-0.25, -0.2) is 8.78 Å². The quantitative estimate of drug-likeness (QED) is 0.883. The van der Waals surface area contributed by atoms with Crippen LogP contribution in [0.3, 0.4) is 0 Å². The lowest BCUT2D eigenvalue weighted by molar-refractivity contribution is -0.0110. The molecular formula is C13H19F2NO2. The molecule has 0 saturated carbocycles. The lowest BCUT2D eigenvalue weighted by Gasteiger charge is -2.30. The molecule has 1 atom stereocenters. The Morgan fingerprint density at radius 2 is 1.83 bits per heavy atom. The number of halogens is 2. The van der Waals surface area contributed by atoms with E-state index in [1.54, 1.807) is 14.0 Å². The van der Waals surface area contributed by atoms with Crippen LogP contribution in [0, 0.1) is 18.6 Å². The van der Waals surface area contributed by atoms with Gasteiger partial charge in [0.2, 0.25) is 0 Å². The first-order chi connectivity index (χ1) is 8.27. The third-order valence-corrected chi connectivity index (χ3v) is 3.06. The Kier molecular flexibility index (Phi) is 4.65. The highest BCUT2D eigenvalue weighted by Gasteiger charge is 2.26. The average Bonchev–Trinajstić information content (AvgIpc) is 2.31. The first kappa shape index (κ1) is 14.9. The van der Waals surface area contributed by atoms with Crippen molar-refractivity contribution in [1.82, 2.24) is 0 Å². The number of aryl methyl sites for hydroxylation is 1. The highest BCUT2D eigenvalue weighted by molar-refractivity contribution is 5.33. The van der Waals surface area contributed by atoms with E-state index in [4.69, 9.17) is 15.2 Å². The largest absolute Gasteiger partial charge is 0.491 e. The number of hydrogen-bond donors (Lipinski definition) is 1. The maximum Gasteiger partial charge on any atom is 0.162 e. The Hall–Kier alpha value is -1.20. The Labute approximate surface area is 106 Å². The van der Waals surface area contributed by atoms with Crippen molar-refractivity contribution in [2.75, 3.05) is 13.7 Å². The van der Waals surface area contributed by atoms with Crippen molar-refractivity contribution in [3.8, 4) is 5.75 Å². The molecule has 102 valence electrons. The lowest BCUT2D eigenvalue weighted by atomic mass is 10.0. The molecule has 0 amide bonds. The lowest BCUT2D eigenvalue weighted by Crippen LogP contribution is -2.48. The van der Waals surface area contributed by atoms with Gasteiger partial charge >= 0.3 is 0 Å². The van der Waals surface area contributed by atoms with Crippen LogP contribution < -0.4 is 10.5 Å². The molecule has 0 fully saturated rings. The summed E-state index contributed by atoms with van der Waals surface area (Å²) in [4.78, 5) is 0. The summed E-state index contributed by atoms with van der Waals surface area (Å²) in [5, 5.41) is 0. The average molecular weight is 259 g/mol. The van der Waals surface area contributed by atoms with E-state index < -0.39 is 17.2 Å². The third-order valence-electron chi connectivity index (χ3n) is 3.06. The predicted molar refractivity (Wildman–Crippen MR) is 65.7 cm³/mol. The van der Waals surface area contributed by atoms with Crippen LogP contribution in [0.1, 0.15) is 19.4 Å². The molecule has 0 spiro atoms. The van der Waals surface area contributed by atoms with E-state index >= 15 is 0 Å². The topological polar surface area (TPSA) is 44.5 Å². The Bertz CT molecular complexity index is 422. The molecule has 5 heteroatoms. The molecule has 2 N–H and O–H groups in total. The summed E-state index contributed by atoms with van der Waals surface area (Å²) >= 11 is 0. The number of methoxy groups -OCH3 is 1. The van der Waals surface area contributed by atoms with Crippen LogP contribution in [-0.4, -0.2) is 25.4 Å². The second kappa shape index (κ2) is 5.63. The first-order valence-corrected chi connectivity index (χ1v) is 5.67. The summed E-state index contributed by atoms with van der Waals surface area (Å²) in [5.74, 6) is -1.53. The molecule has 1 unspecified atom stereocenters. The van der Waals surface area contributed by atoms with Gasteiger partial charge in [-0.1, -0.05) is 0 Å². The van der Waals surface area contributed by atoms with E-state index in [-0.39, 0.29) is 18.4 Å². The normalized spacial score (nSPS) is 13.5. The van der Waals surface area contributed by atoms with Gasteiger partial charge in [-0.15, -0.1) is 0 Å². The summed E-state index contributed by atoms with van der Waals surface area (Å²) in [6.45, 7) is 5.47. The zero-order valence-corrected chi connectivity index (χ0v) is 11.1. The van der Waals surface area contributed by atoms with E-state index in [9.17, 15) is 8.78 Å². The van der Waals surface area contributed by atoms with Crippen LogP contribution in [0.4, 0.5) is 8.78 Å². The molecule has 1 aromatic rings. The fourth-order valence-electron chi connectivity index (χ4n) is 1.32. The van der Waals surface area contributed by atoms with Crippen molar-refractivity contribution in [1.29, 1.82) is 0 Å². The van der Waals surface area contributed by atoms with Crippen LogP contribution in [-0.2, 0) is 4.74 Å². The van der Waals surface area contributed by atoms with Crippen LogP contribution >= 0.6 is 0 Å². The molecule has 0 aromatic heterocycles. The van der Waals surface area contributed by atoms with Crippen molar-refractivity contribution in [3.05, 3.63) is 29.3 Å². The van der Waals surface area contributed by atoms with Gasteiger partial charge in [-0.3, -0.25) is 0 Å². The summed E-state index contributed by atoms with van der Waals surface area (Å²) in [5.41, 5.74) is 5.89. The van der Waals surface area contributed by atoms with Gasteiger partial charge < -0.3 is 15.2 Å². The second-order valence-corrected chi connectivity index (χ2v) is 4.76. The van der Waals surface area contributed by atoms with Gasteiger partial charge in [0.05, 0.1) is 11.6 Å². The van der Waals surface area contributed by atoms with E-state index in [1.165, 1.54) is 0 Å². The van der Waals surface area contributed by atoms with Crippen LogP contribution in [0.25, 0.3) is 0 Å². The fourth-order valence-corrected chi connectivity index (χ4v) is 1.32. The van der Waals surface area contributed by atoms with Crippen molar-refractivity contribution in [3.63, 3.8) is 0 Å². The van der Waals surface area contributed by atoms with Crippen LogP contribution in [0.2, 0.25) is 0 Å². The van der Waals surface area contributed by atoms with Gasteiger partial charge in [0.1, 0.15) is 12.4 Å². The van der Waals surface area contributed by atoms with Gasteiger partial charge in [-0.2, -0.15) is 0 Å². The second-order valence-electron chi connectivity index (χ2n) is 4.76. The van der Waals surface area contributed by atoms with Crippen molar-refractivity contribution in [2.45, 2.75) is 32.4 Å². The van der Waals surface area contributed by atoms with Gasteiger partial charge in [0, 0.05) is 13.2 Å². The molecule has 0 bridgehead atoms. The zero-order chi connectivity index (χ0) is 13.9. The minimum atomic E-state index is -0.935. The van der Waals surface area contributed by atoms with Crippen molar-refractivity contribution in [2.24, 2.45) is 5.73 Å². The van der Waals surface area contributed by atoms with Gasteiger partial charge in [0.15, 0.2) is 11.6 Å². The standard InChI is InChI=1S/C13H19F2NO2/c1-8-5-9(14)10(15)6-11(8)18-7-12(16)13(2,3)17-4/h5-6,12H,7,16H2,1-4H3. The molecule has 0 aliphatic carbocycles. The molecule has 18 heavy (non-hydrogen) atoms. The number of nitrogens with two attached hydrogens (primary N) is 1. The maximum atomic E-state index is 13.1. The summed E-state index contributed by atoms with van der Waals surface area (Å²) in [6, 6.07) is 1.74. The molecule has 1 rings (SSSR count). The highest BCUT2D eigenvalue weighted by Crippen LogP contribution is 2.22. The molecule has 0 radical (unpaired) electrons. The highest BCUT2D eigenvalue weighted by atomic mass is 19.2. The monoisotopic (exact) mass is 259 g/mol. The molecular weight excluding hydrogens is 240 g/mol. The zero-order valence-electron chi connectivity index (χ0n) is 11.1.